The molecule has 0 spiro atoms. The number of hydrogen-bond acceptors (Lipinski definition) is 6. The van der Waals surface area contributed by atoms with Gasteiger partial charge in [-0.05, 0) is 12.8 Å². The summed E-state index contributed by atoms with van der Waals surface area (Å²) >= 11 is 4.12. The lowest BCUT2D eigenvalue weighted by Gasteiger charge is -2.18. The van der Waals surface area contributed by atoms with Gasteiger partial charge in [0.05, 0.1) is 0 Å². The summed E-state index contributed by atoms with van der Waals surface area (Å²) in [5, 5.41) is 10.5. The van der Waals surface area contributed by atoms with E-state index in [1.165, 1.54) is 11.2 Å². The van der Waals surface area contributed by atoms with Gasteiger partial charge in [0.2, 0.25) is 15.4 Å². The first kappa shape index (κ1) is 14.8. The van der Waals surface area contributed by atoms with Crippen LogP contribution in [0.4, 0.5) is 5.13 Å². The molecule has 1 aromatic heterocycles. The first-order chi connectivity index (χ1) is 8.95. The van der Waals surface area contributed by atoms with Gasteiger partial charge in [0.15, 0.2) is 0 Å². The fourth-order valence-electron chi connectivity index (χ4n) is 1.56. The second-order valence-corrected chi connectivity index (χ2v) is 7.93. The highest BCUT2D eigenvalue weighted by atomic mass is 79.9. The number of nitrogens with one attached hydrogen (secondary N) is 1. The van der Waals surface area contributed by atoms with Gasteiger partial charge >= 0.3 is 0 Å². The van der Waals surface area contributed by atoms with Gasteiger partial charge in [0.1, 0.15) is 0 Å². The van der Waals surface area contributed by atoms with Crippen molar-refractivity contribution in [1.29, 1.82) is 0 Å². The fraction of sp³-hybridized carbons (Fsp3) is 0.667. The number of amides is 1. The van der Waals surface area contributed by atoms with Crippen molar-refractivity contribution in [3.63, 3.8) is 0 Å². The van der Waals surface area contributed by atoms with Crippen LogP contribution < -0.4 is 5.32 Å². The van der Waals surface area contributed by atoms with E-state index in [4.69, 9.17) is 0 Å². The van der Waals surface area contributed by atoms with E-state index in [0.717, 1.165) is 24.2 Å². The Balaban J connectivity index is 2.22. The average molecular weight is 369 g/mol. The van der Waals surface area contributed by atoms with Crippen LogP contribution >= 0.6 is 27.3 Å². The molecule has 1 aliphatic carbocycles. The molecule has 0 bridgehead atoms. The Morgan fingerprint density at radius 3 is 2.74 bits per heavy atom. The number of alkyl halides is 1. The van der Waals surface area contributed by atoms with Gasteiger partial charge in [-0.3, -0.25) is 4.79 Å². The predicted octanol–water partition coefficient (Wildman–Crippen LogP) is 1.04. The fourth-order valence-corrected chi connectivity index (χ4v) is 4.93. The maximum atomic E-state index is 12.4. The van der Waals surface area contributed by atoms with E-state index in [2.05, 4.69) is 31.4 Å². The zero-order valence-electron chi connectivity index (χ0n) is 10.2. The van der Waals surface area contributed by atoms with Crippen LogP contribution in [0.25, 0.3) is 0 Å². The highest BCUT2D eigenvalue weighted by molar-refractivity contribution is 9.09. The zero-order valence-corrected chi connectivity index (χ0v) is 13.4. The molecular formula is C9H13BrN4O3S2. The third kappa shape index (κ3) is 3.50. The minimum Gasteiger partial charge on any atom is -0.301 e. The predicted molar refractivity (Wildman–Crippen MR) is 74.9 cm³/mol. The van der Waals surface area contributed by atoms with Gasteiger partial charge in [0, 0.05) is 24.8 Å². The Kier molecular flexibility index (Phi) is 4.54. The van der Waals surface area contributed by atoms with Crippen molar-refractivity contribution in [3.8, 4) is 0 Å². The third-order valence-corrected chi connectivity index (χ3v) is 5.97. The second-order valence-electron chi connectivity index (χ2n) is 4.09. The van der Waals surface area contributed by atoms with Gasteiger partial charge in [0.25, 0.3) is 10.0 Å². The summed E-state index contributed by atoms with van der Waals surface area (Å²) in [6, 6.07) is 0.0654. The number of carbonyl (C=O) groups excluding carboxylic acids is 1. The summed E-state index contributed by atoms with van der Waals surface area (Å²) in [6.45, 7) is 1.74. The van der Waals surface area contributed by atoms with Crippen molar-refractivity contribution < 1.29 is 13.2 Å². The quantitative estimate of drug-likeness (QED) is 0.598. The molecule has 0 aliphatic heterocycles. The molecule has 0 saturated heterocycles. The smallest absolute Gasteiger partial charge is 0.272 e. The van der Waals surface area contributed by atoms with Crippen LogP contribution in [0.1, 0.15) is 19.8 Å². The van der Waals surface area contributed by atoms with Crippen molar-refractivity contribution in [2.75, 3.05) is 17.2 Å². The Morgan fingerprint density at radius 1 is 1.53 bits per heavy atom. The molecule has 0 aromatic carbocycles. The standard InChI is InChI=1S/C9H13BrN4O3S2/c1-6(15)11-8-12-13-9(18-8)19(16,17)14(5-4-10)7-2-3-7/h7H,2-5H2,1H3,(H,11,12,15). The van der Waals surface area contributed by atoms with Crippen molar-refractivity contribution in [2.24, 2.45) is 0 Å². The lowest BCUT2D eigenvalue weighted by molar-refractivity contribution is -0.114. The summed E-state index contributed by atoms with van der Waals surface area (Å²) in [5.41, 5.74) is 0. The van der Waals surface area contributed by atoms with Gasteiger partial charge in [-0.1, -0.05) is 27.3 Å². The molecule has 2 rings (SSSR count). The van der Waals surface area contributed by atoms with E-state index in [9.17, 15) is 13.2 Å². The van der Waals surface area contributed by atoms with E-state index >= 15 is 0 Å². The minimum atomic E-state index is -3.62. The maximum Gasteiger partial charge on any atom is 0.272 e. The lowest BCUT2D eigenvalue weighted by Crippen LogP contribution is -2.34. The molecule has 19 heavy (non-hydrogen) atoms. The summed E-state index contributed by atoms with van der Waals surface area (Å²) in [6.07, 6.45) is 1.76. The lowest BCUT2D eigenvalue weighted by atomic mass is 10.6. The van der Waals surface area contributed by atoms with Gasteiger partial charge in [-0.2, -0.15) is 4.31 Å². The molecule has 1 heterocycles. The largest absolute Gasteiger partial charge is 0.301 e. The summed E-state index contributed by atoms with van der Waals surface area (Å²) in [5.74, 6) is -0.306. The number of carbonyl (C=O) groups is 1. The van der Waals surface area contributed by atoms with E-state index in [0.29, 0.717) is 11.9 Å². The molecule has 0 atom stereocenters. The molecule has 1 fully saturated rings. The number of sulfonamides is 1. The molecule has 7 nitrogen and oxygen atoms in total. The van der Waals surface area contributed by atoms with Crippen LogP contribution in [0.5, 0.6) is 0 Å². The normalized spacial score (nSPS) is 15.7. The summed E-state index contributed by atoms with van der Waals surface area (Å²) in [4.78, 5) is 10.9. The molecule has 1 amide bonds. The van der Waals surface area contributed by atoms with E-state index in [1.807, 2.05) is 0 Å². The summed E-state index contributed by atoms with van der Waals surface area (Å²) < 4.78 is 26.2. The van der Waals surface area contributed by atoms with E-state index < -0.39 is 10.0 Å². The topological polar surface area (TPSA) is 92.3 Å². The highest BCUT2D eigenvalue weighted by Crippen LogP contribution is 2.33. The Morgan fingerprint density at radius 2 is 2.21 bits per heavy atom. The molecule has 1 N–H and O–H groups in total. The Bertz CT molecular complexity index is 570. The number of nitrogens with zero attached hydrogens (tertiary/aromatic N) is 3. The zero-order chi connectivity index (χ0) is 14.0. The molecule has 0 radical (unpaired) electrons. The van der Waals surface area contributed by atoms with E-state index in [-0.39, 0.29) is 21.4 Å². The number of hydrogen-bond donors (Lipinski definition) is 1. The first-order valence-corrected chi connectivity index (χ1v) is 9.02. The van der Waals surface area contributed by atoms with Crippen molar-refractivity contribution >= 4 is 48.3 Å². The third-order valence-electron chi connectivity index (χ3n) is 2.48. The van der Waals surface area contributed by atoms with Crippen LogP contribution in [0.3, 0.4) is 0 Å². The number of halogens is 1. The average Bonchev–Trinajstić information content (AvgIpc) is 3.04. The summed E-state index contributed by atoms with van der Waals surface area (Å²) in [7, 11) is -3.62. The molecule has 1 saturated carbocycles. The van der Waals surface area contributed by atoms with E-state index in [1.54, 1.807) is 0 Å². The molecule has 1 aliphatic rings. The molecule has 0 unspecified atom stereocenters. The SMILES string of the molecule is CC(=O)Nc1nnc(S(=O)(=O)N(CCBr)C2CC2)s1. The molecule has 10 heteroatoms. The first-order valence-electron chi connectivity index (χ1n) is 5.64. The maximum absolute atomic E-state index is 12.4. The van der Waals surface area contributed by atoms with Crippen LogP contribution in [0, 0.1) is 0 Å². The number of anilines is 1. The van der Waals surface area contributed by atoms with Crippen molar-refractivity contribution in [3.05, 3.63) is 0 Å². The van der Waals surface area contributed by atoms with Gasteiger partial charge in [-0.15, -0.1) is 10.2 Å². The number of rotatable bonds is 6. The monoisotopic (exact) mass is 368 g/mol. The number of aromatic nitrogens is 2. The van der Waals surface area contributed by atoms with Gasteiger partial charge in [-0.25, -0.2) is 8.42 Å². The van der Waals surface area contributed by atoms with Crippen LogP contribution in [0.2, 0.25) is 0 Å². The molecular weight excluding hydrogens is 356 g/mol. The van der Waals surface area contributed by atoms with Crippen LogP contribution in [-0.2, 0) is 14.8 Å². The van der Waals surface area contributed by atoms with Crippen LogP contribution in [0.15, 0.2) is 4.34 Å². The van der Waals surface area contributed by atoms with Crippen molar-refractivity contribution in [1.82, 2.24) is 14.5 Å². The Hall–Kier alpha value is -0.580. The highest BCUT2D eigenvalue weighted by Gasteiger charge is 2.39. The van der Waals surface area contributed by atoms with Crippen LogP contribution in [-0.4, -0.2) is 46.7 Å². The van der Waals surface area contributed by atoms with Crippen molar-refractivity contribution in [2.45, 2.75) is 30.1 Å². The second kappa shape index (κ2) is 5.81. The van der Waals surface area contributed by atoms with Gasteiger partial charge < -0.3 is 5.32 Å². The molecule has 106 valence electrons. The minimum absolute atomic E-state index is 0.0654. The molecule has 1 aromatic rings. The Labute approximate surface area is 123 Å².